The molecular weight excluding hydrogens is 350 g/mol. The highest BCUT2D eigenvalue weighted by Crippen LogP contribution is 2.33. The molecule has 8 nitrogen and oxygen atoms in total. The van der Waals surface area contributed by atoms with Gasteiger partial charge in [-0.25, -0.2) is 14.5 Å². The first-order valence-electron chi connectivity index (χ1n) is 7.92. The number of hydrogen-bond donors (Lipinski definition) is 0. The van der Waals surface area contributed by atoms with Gasteiger partial charge in [0.05, 0.1) is 19.8 Å². The SMILES string of the molecule is CCOC(=O)N1N=C(OCC)N(C(=O)OCC)C1c1ccc(Cl)cc1. The second-order valence-corrected chi connectivity index (χ2v) is 5.29. The molecule has 0 saturated heterocycles. The third-order valence-corrected chi connectivity index (χ3v) is 3.49. The van der Waals surface area contributed by atoms with Crippen LogP contribution in [0, 0.1) is 0 Å². The molecule has 9 heteroatoms. The molecule has 0 saturated carbocycles. The van der Waals surface area contributed by atoms with Gasteiger partial charge in [0.1, 0.15) is 0 Å². The van der Waals surface area contributed by atoms with Crippen molar-refractivity contribution in [2.45, 2.75) is 26.9 Å². The number of carbonyl (C=O) groups is 2. The highest BCUT2D eigenvalue weighted by molar-refractivity contribution is 6.30. The second kappa shape index (κ2) is 8.57. The first kappa shape index (κ1) is 18.9. The van der Waals surface area contributed by atoms with Crippen LogP contribution in [0.25, 0.3) is 0 Å². The van der Waals surface area contributed by atoms with Crippen molar-refractivity contribution in [2.75, 3.05) is 19.8 Å². The maximum Gasteiger partial charge on any atom is 0.432 e. The van der Waals surface area contributed by atoms with E-state index < -0.39 is 18.4 Å². The van der Waals surface area contributed by atoms with Crippen molar-refractivity contribution in [1.82, 2.24) is 9.91 Å². The van der Waals surface area contributed by atoms with Crippen molar-refractivity contribution in [3.63, 3.8) is 0 Å². The molecule has 0 aliphatic carbocycles. The van der Waals surface area contributed by atoms with Gasteiger partial charge in [-0.05, 0) is 38.5 Å². The lowest BCUT2D eigenvalue weighted by Gasteiger charge is -2.27. The van der Waals surface area contributed by atoms with Crippen LogP contribution in [0.5, 0.6) is 0 Å². The molecule has 0 bridgehead atoms. The third kappa shape index (κ3) is 4.14. The Morgan fingerprint density at radius 1 is 1.04 bits per heavy atom. The summed E-state index contributed by atoms with van der Waals surface area (Å²) < 4.78 is 15.5. The fourth-order valence-corrected chi connectivity index (χ4v) is 2.39. The molecule has 1 unspecified atom stereocenters. The van der Waals surface area contributed by atoms with E-state index in [0.29, 0.717) is 10.6 Å². The Bertz CT molecular complexity index is 650. The summed E-state index contributed by atoms with van der Waals surface area (Å²) in [5.74, 6) is 0. The van der Waals surface area contributed by atoms with Gasteiger partial charge in [-0.15, -0.1) is 5.10 Å². The minimum atomic E-state index is -0.892. The van der Waals surface area contributed by atoms with Gasteiger partial charge in [-0.2, -0.15) is 5.01 Å². The van der Waals surface area contributed by atoms with Crippen molar-refractivity contribution in [1.29, 1.82) is 0 Å². The van der Waals surface area contributed by atoms with Gasteiger partial charge in [-0.1, -0.05) is 23.7 Å². The van der Waals surface area contributed by atoms with Crippen molar-refractivity contribution in [3.8, 4) is 0 Å². The molecule has 0 fully saturated rings. The monoisotopic (exact) mass is 369 g/mol. The zero-order valence-corrected chi connectivity index (χ0v) is 15.0. The van der Waals surface area contributed by atoms with E-state index in [-0.39, 0.29) is 25.8 Å². The Morgan fingerprint density at radius 3 is 2.20 bits per heavy atom. The van der Waals surface area contributed by atoms with Gasteiger partial charge >= 0.3 is 18.2 Å². The van der Waals surface area contributed by atoms with Crippen LogP contribution in [-0.4, -0.2) is 47.9 Å². The summed E-state index contributed by atoms with van der Waals surface area (Å²) >= 11 is 5.93. The van der Waals surface area contributed by atoms with Crippen LogP contribution in [-0.2, 0) is 14.2 Å². The maximum absolute atomic E-state index is 12.4. The third-order valence-electron chi connectivity index (χ3n) is 3.24. The number of amidine groups is 1. The van der Waals surface area contributed by atoms with Gasteiger partial charge in [0.25, 0.3) is 0 Å². The molecule has 1 atom stereocenters. The summed E-state index contributed by atoms with van der Waals surface area (Å²) in [5, 5.41) is 5.68. The van der Waals surface area contributed by atoms with Crippen LogP contribution in [0.15, 0.2) is 29.4 Å². The Balaban J connectivity index is 2.46. The molecule has 0 radical (unpaired) electrons. The summed E-state index contributed by atoms with van der Waals surface area (Å²) in [7, 11) is 0. The van der Waals surface area contributed by atoms with E-state index in [2.05, 4.69) is 5.10 Å². The topological polar surface area (TPSA) is 80.7 Å². The van der Waals surface area contributed by atoms with Crippen molar-refractivity contribution in [2.24, 2.45) is 5.10 Å². The Labute approximate surface area is 150 Å². The van der Waals surface area contributed by atoms with Crippen LogP contribution in [0.4, 0.5) is 9.59 Å². The van der Waals surface area contributed by atoms with E-state index in [0.717, 1.165) is 5.01 Å². The highest BCUT2D eigenvalue weighted by atomic mass is 35.5. The fourth-order valence-electron chi connectivity index (χ4n) is 2.26. The summed E-state index contributed by atoms with van der Waals surface area (Å²) in [4.78, 5) is 25.9. The fraction of sp³-hybridized carbons (Fsp3) is 0.438. The average Bonchev–Trinajstić information content (AvgIpc) is 2.96. The zero-order chi connectivity index (χ0) is 18.4. The molecule has 0 aromatic heterocycles. The number of halogens is 1. The number of rotatable bonds is 4. The molecule has 0 N–H and O–H groups in total. The van der Waals surface area contributed by atoms with Gasteiger partial charge < -0.3 is 14.2 Å². The van der Waals surface area contributed by atoms with E-state index >= 15 is 0 Å². The van der Waals surface area contributed by atoms with E-state index in [1.165, 1.54) is 4.90 Å². The number of hydrogen-bond acceptors (Lipinski definition) is 6. The molecule has 1 heterocycles. The van der Waals surface area contributed by atoms with Gasteiger partial charge in [0.15, 0.2) is 6.17 Å². The molecule has 1 aliphatic rings. The quantitative estimate of drug-likeness (QED) is 0.810. The summed E-state index contributed by atoms with van der Waals surface area (Å²) in [5.41, 5.74) is 0.601. The molecule has 136 valence electrons. The van der Waals surface area contributed by atoms with Crippen LogP contribution >= 0.6 is 11.6 Å². The van der Waals surface area contributed by atoms with Crippen LogP contribution in [0.3, 0.4) is 0 Å². The second-order valence-electron chi connectivity index (χ2n) is 4.85. The van der Waals surface area contributed by atoms with Gasteiger partial charge in [0.2, 0.25) is 0 Å². The molecule has 1 aliphatic heterocycles. The lowest BCUT2D eigenvalue weighted by atomic mass is 10.1. The lowest BCUT2D eigenvalue weighted by Crippen LogP contribution is -2.42. The first-order valence-corrected chi connectivity index (χ1v) is 8.30. The number of amides is 2. The number of benzene rings is 1. The van der Waals surface area contributed by atoms with Crippen molar-refractivity contribution < 1.29 is 23.8 Å². The van der Waals surface area contributed by atoms with Gasteiger partial charge in [0, 0.05) is 5.02 Å². The summed E-state index contributed by atoms with van der Waals surface area (Å²) in [6, 6.07) is 6.66. The molecular formula is C16H20ClN3O5. The van der Waals surface area contributed by atoms with E-state index in [1.54, 1.807) is 45.0 Å². The zero-order valence-electron chi connectivity index (χ0n) is 14.3. The predicted octanol–water partition coefficient (Wildman–Crippen LogP) is 3.58. The normalized spacial score (nSPS) is 16.5. The molecule has 2 amide bonds. The Hall–Kier alpha value is -2.48. The molecule has 1 aromatic rings. The minimum Gasteiger partial charge on any atom is -0.464 e. The standard InChI is InChI=1S/C16H20ClN3O5/c1-4-23-14-18-20(16(22)25-6-3)13(19(14)15(21)24-5-2)11-7-9-12(17)10-8-11/h7-10,13H,4-6H2,1-3H3. The average molecular weight is 370 g/mol. The van der Waals surface area contributed by atoms with Gasteiger partial charge in [-0.3, -0.25) is 0 Å². The van der Waals surface area contributed by atoms with Crippen molar-refractivity contribution >= 4 is 29.8 Å². The van der Waals surface area contributed by atoms with E-state index in [9.17, 15) is 9.59 Å². The Kier molecular flexibility index (Phi) is 6.46. The summed E-state index contributed by atoms with van der Waals surface area (Å²) in [6.45, 7) is 5.71. The molecule has 1 aromatic carbocycles. The van der Waals surface area contributed by atoms with E-state index in [1.807, 2.05) is 0 Å². The highest BCUT2D eigenvalue weighted by Gasteiger charge is 2.45. The number of carbonyl (C=O) groups excluding carboxylic acids is 2. The smallest absolute Gasteiger partial charge is 0.432 e. The van der Waals surface area contributed by atoms with Crippen LogP contribution < -0.4 is 0 Å². The minimum absolute atomic E-state index is 0.0334. The number of hydrazone groups is 1. The Morgan fingerprint density at radius 2 is 1.64 bits per heavy atom. The van der Waals surface area contributed by atoms with Crippen LogP contribution in [0.2, 0.25) is 5.02 Å². The molecule has 25 heavy (non-hydrogen) atoms. The number of nitrogens with zero attached hydrogens (tertiary/aromatic N) is 3. The van der Waals surface area contributed by atoms with E-state index in [4.69, 9.17) is 25.8 Å². The molecule has 0 spiro atoms. The van der Waals surface area contributed by atoms with Crippen LogP contribution in [0.1, 0.15) is 32.5 Å². The summed E-state index contributed by atoms with van der Waals surface area (Å²) in [6.07, 6.45) is -2.27. The maximum atomic E-state index is 12.4. The molecule has 2 rings (SSSR count). The van der Waals surface area contributed by atoms with Crippen molar-refractivity contribution in [3.05, 3.63) is 34.9 Å². The first-order chi connectivity index (χ1) is 12.0. The predicted molar refractivity (Wildman–Crippen MR) is 91.0 cm³/mol. The number of ether oxygens (including phenoxy) is 3. The largest absolute Gasteiger partial charge is 0.464 e. The lowest BCUT2D eigenvalue weighted by molar-refractivity contribution is 0.0595.